The average molecular weight is 1030 g/mol. The largest absolute Gasteiger partial charge is 0.457 e. The summed E-state index contributed by atoms with van der Waals surface area (Å²) in [5, 5.41) is 0. The van der Waals surface area contributed by atoms with Crippen molar-refractivity contribution in [2.75, 3.05) is 4.90 Å². The molecule has 0 saturated carbocycles. The Morgan fingerprint density at radius 1 is 0.329 bits per heavy atom. The summed E-state index contributed by atoms with van der Waals surface area (Å²) in [6.07, 6.45) is 0. The quantitative estimate of drug-likeness (QED) is 0.170. The van der Waals surface area contributed by atoms with Gasteiger partial charge in [0.05, 0.1) is 22.2 Å². The number of nitrogens with zero attached hydrogens (tertiary/aromatic N) is 1. The minimum atomic E-state index is -0.706. The van der Waals surface area contributed by atoms with Gasteiger partial charge in [-0.2, -0.15) is 0 Å². The van der Waals surface area contributed by atoms with Crippen LogP contribution in [0.1, 0.15) is 97.2 Å². The zero-order valence-electron chi connectivity index (χ0n) is 45.4. The van der Waals surface area contributed by atoms with E-state index in [2.05, 4.69) is 295 Å². The van der Waals surface area contributed by atoms with Crippen molar-refractivity contribution in [3.8, 4) is 56.0 Å². The molecule has 0 saturated heterocycles. The number of hydrogen-bond donors (Lipinski definition) is 0. The van der Waals surface area contributed by atoms with E-state index in [4.69, 9.17) is 4.74 Å². The van der Waals surface area contributed by atoms with E-state index in [0.717, 1.165) is 39.7 Å². The maximum Gasteiger partial charge on any atom is 0.132 e. The van der Waals surface area contributed by atoms with E-state index in [1.807, 2.05) is 11.8 Å². The molecule has 4 aliphatic rings. The molecule has 380 valence electrons. The molecule has 0 aromatic heterocycles. The van der Waals surface area contributed by atoms with Crippen molar-refractivity contribution in [3.05, 3.63) is 304 Å². The standard InChI is InChI=1S/C76H59NOS/c1-73(2,3)51-39-43-68-64(45-51)76(65-46-52(74(4,5)6)40-44-69(65)78-68)59-27-14-11-25-57(59)72-62(76)30-20-32-67(72)77(66-31-17-12-23-54(66)50-37-35-49(36-38-50)48-21-8-7-9-22-48)53-41-42-56-55-24-10-13-26-58(55)75(63(56)47-53)60-28-15-18-33-70(60)79-71-34-19-16-29-61(71)75/h7-47H,1-6H3. The predicted molar refractivity (Wildman–Crippen MR) is 328 cm³/mol. The van der Waals surface area contributed by atoms with Gasteiger partial charge in [0.25, 0.3) is 0 Å². The van der Waals surface area contributed by atoms with Crippen LogP contribution < -0.4 is 9.64 Å². The zero-order valence-corrected chi connectivity index (χ0v) is 46.3. The number of benzene rings is 11. The van der Waals surface area contributed by atoms with E-state index in [9.17, 15) is 0 Å². The average Bonchev–Trinajstić information content (AvgIpc) is 2.52. The summed E-state index contributed by atoms with van der Waals surface area (Å²) in [4.78, 5) is 5.18. The second-order valence-corrected chi connectivity index (χ2v) is 25.0. The van der Waals surface area contributed by atoms with Gasteiger partial charge in [-0.05, 0) is 149 Å². The Kier molecular flexibility index (Phi) is 10.5. The third-order valence-corrected chi connectivity index (χ3v) is 18.7. The highest BCUT2D eigenvalue weighted by molar-refractivity contribution is 7.99. The molecule has 0 unspecified atom stereocenters. The maximum absolute atomic E-state index is 7.11. The van der Waals surface area contributed by atoms with Crippen molar-refractivity contribution in [3.63, 3.8) is 0 Å². The van der Waals surface area contributed by atoms with Crippen molar-refractivity contribution in [2.45, 2.75) is 73.0 Å². The number of rotatable bonds is 5. The third kappa shape index (κ3) is 6.92. The van der Waals surface area contributed by atoms with Crippen molar-refractivity contribution in [1.82, 2.24) is 0 Å². The van der Waals surface area contributed by atoms with Crippen LogP contribution in [0.2, 0.25) is 0 Å². The molecule has 2 aliphatic carbocycles. The summed E-state index contributed by atoms with van der Waals surface area (Å²) in [7, 11) is 0. The molecule has 11 aromatic rings. The van der Waals surface area contributed by atoms with E-state index in [-0.39, 0.29) is 10.8 Å². The van der Waals surface area contributed by atoms with Crippen LogP contribution in [-0.4, -0.2) is 0 Å². The molecule has 3 heteroatoms. The van der Waals surface area contributed by atoms with Gasteiger partial charge in [-0.3, -0.25) is 0 Å². The van der Waals surface area contributed by atoms with Crippen LogP contribution in [0.4, 0.5) is 17.1 Å². The van der Waals surface area contributed by atoms with Gasteiger partial charge in [0, 0.05) is 37.7 Å². The molecule has 2 nitrogen and oxygen atoms in total. The topological polar surface area (TPSA) is 12.5 Å². The monoisotopic (exact) mass is 1030 g/mol. The van der Waals surface area contributed by atoms with Gasteiger partial charge in [0.2, 0.25) is 0 Å². The van der Waals surface area contributed by atoms with Gasteiger partial charge in [-0.25, -0.2) is 0 Å². The highest BCUT2D eigenvalue weighted by Gasteiger charge is 2.54. The molecular weight excluding hydrogens is 975 g/mol. The van der Waals surface area contributed by atoms with Crippen molar-refractivity contribution >= 4 is 28.8 Å². The number of ether oxygens (including phenoxy) is 1. The lowest BCUT2D eigenvalue weighted by Crippen LogP contribution is -2.33. The molecule has 2 aliphatic heterocycles. The Morgan fingerprint density at radius 3 is 1.43 bits per heavy atom. The van der Waals surface area contributed by atoms with Crippen LogP contribution in [0.5, 0.6) is 11.5 Å². The first-order valence-corrected chi connectivity index (χ1v) is 28.6. The highest BCUT2D eigenvalue weighted by atomic mass is 32.2. The van der Waals surface area contributed by atoms with E-state index < -0.39 is 10.8 Å². The SMILES string of the molecule is CC(C)(C)c1ccc2c(c1)C1(c3cc(C(C)(C)C)ccc3O2)c2ccccc2-c2c(N(c3ccc4c(c3)C3(c5ccccc5Sc5ccccc53)c3ccccc3-4)c3ccccc3-c3ccc(-c4ccccc4)cc3)cccc21. The van der Waals surface area contributed by atoms with E-state index in [1.54, 1.807) is 0 Å². The minimum absolute atomic E-state index is 0.102. The lowest BCUT2D eigenvalue weighted by atomic mass is 9.64. The van der Waals surface area contributed by atoms with Gasteiger partial charge < -0.3 is 9.64 Å². The molecule has 0 atom stereocenters. The van der Waals surface area contributed by atoms with Crippen LogP contribution in [0.15, 0.2) is 259 Å². The number of para-hydroxylation sites is 1. The highest BCUT2D eigenvalue weighted by Crippen LogP contribution is 2.67. The predicted octanol–water partition coefficient (Wildman–Crippen LogP) is 20.4. The molecule has 0 N–H and O–H groups in total. The molecule has 0 bridgehead atoms. The Balaban J connectivity index is 1.04. The molecule has 11 aromatic carbocycles. The van der Waals surface area contributed by atoms with Gasteiger partial charge in [-0.1, -0.05) is 241 Å². The molecule has 2 spiro atoms. The lowest BCUT2D eigenvalue weighted by Gasteiger charge is -2.41. The minimum Gasteiger partial charge on any atom is -0.457 e. The van der Waals surface area contributed by atoms with Gasteiger partial charge in [0.1, 0.15) is 11.5 Å². The van der Waals surface area contributed by atoms with Gasteiger partial charge >= 0.3 is 0 Å². The molecule has 0 fully saturated rings. The fourth-order valence-electron chi connectivity index (χ4n) is 13.9. The normalized spacial score (nSPS) is 14.5. The number of fused-ring (bicyclic) bond motifs is 18. The zero-order chi connectivity index (χ0) is 53.4. The summed E-state index contributed by atoms with van der Waals surface area (Å²) in [6.45, 7) is 13.9. The fourth-order valence-corrected chi connectivity index (χ4v) is 15.1. The van der Waals surface area contributed by atoms with Crippen molar-refractivity contribution < 1.29 is 4.74 Å². The van der Waals surface area contributed by atoms with Gasteiger partial charge in [0.15, 0.2) is 0 Å². The Bertz CT molecular complexity index is 4180. The first-order chi connectivity index (χ1) is 38.4. The van der Waals surface area contributed by atoms with E-state index in [1.165, 1.54) is 98.8 Å². The lowest BCUT2D eigenvalue weighted by molar-refractivity contribution is 0.433. The van der Waals surface area contributed by atoms with Crippen LogP contribution >= 0.6 is 11.8 Å². The third-order valence-electron chi connectivity index (χ3n) is 17.5. The molecular formula is C76H59NOS. The Morgan fingerprint density at radius 2 is 0.797 bits per heavy atom. The summed E-state index contributed by atoms with van der Waals surface area (Å²) in [6, 6.07) is 93.9. The van der Waals surface area contributed by atoms with Crippen molar-refractivity contribution in [2.24, 2.45) is 0 Å². The van der Waals surface area contributed by atoms with E-state index >= 15 is 0 Å². The number of hydrogen-bond acceptors (Lipinski definition) is 3. The molecule has 15 rings (SSSR count). The summed E-state index contributed by atoms with van der Waals surface area (Å²) < 4.78 is 7.11. The van der Waals surface area contributed by atoms with Crippen LogP contribution in [-0.2, 0) is 21.7 Å². The molecule has 2 heterocycles. The fraction of sp³-hybridized carbons (Fsp3) is 0.132. The first-order valence-electron chi connectivity index (χ1n) is 27.8. The van der Waals surface area contributed by atoms with E-state index in [0.29, 0.717) is 0 Å². The summed E-state index contributed by atoms with van der Waals surface area (Å²) >= 11 is 1.89. The summed E-state index contributed by atoms with van der Waals surface area (Å²) in [5.41, 5.74) is 24.2. The molecule has 79 heavy (non-hydrogen) atoms. The number of anilines is 3. The maximum atomic E-state index is 7.11. The molecule has 0 radical (unpaired) electrons. The Labute approximate surface area is 469 Å². The smallest absolute Gasteiger partial charge is 0.132 e. The van der Waals surface area contributed by atoms with Crippen LogP contribution in [0.25, 0.3) is 44.5 Å². The van der Waals surface area contributed by atoms with Gasteiger partial charge in [-0.15, -0.1) is 0 Å². The Hall–Kier alpha value is -8.63. The van der Waals surface area contributed by atoms with Crippen molar-refractivity contribution in [1.29, 1.82) is 0 Å². The van der Waals surface area contributed by atoms with Crippen LogP contribution in [0, 0.1) is 0 Å². The second kappa shape index (κ2) is 17.4. The first kappa shape index (κ1) is 47.6. The molecule has 0 amide bonds. The second-order valence-electron chi connectivity index (χ2n) is 23.9. The van der Waals surface area contributed by atoms with Crippen LogP contribution in [0.3, 0.4) is 0 Å². The summed E-state index contributed by atoms with van der Waals surface area (Å²) in [5.74, 6) is 1.79.